The monoisotopic (exact) mass is 193 g/mol. The van der Waals surface area contributed by atoms with Crippen LogP contribution in [0.3, 0.4) is 0 Å². The number of alkyl halides is 6. The lowest BCUT2D eigenvalue weighted by atomic mass is 10.1. The summed E-state index contributed by atoms with van der Waals surface area (Å²) in [6, 6.07) is 0. The normalized spacial score (nSPS) is 14.0. The maximum atomic E-state index is 12.2. The molecule has 0 N–H and O–H groups in total. The molecule has 0 atom stereocenters. The van der Waals surface area contributed by atoms with Crippen LogP contribution in [0.2, 0.25) is 0 Å². The van der Waals surface area contributed by atoms with Gasteiger partial charge in [0.25, 0.3) is 0 Å². The topological polar surface area (TPSA) is 0 Å². The average Bonchev–Trinajstić information content (AvgIpc) is 1.84. The predicted octanol–water partition coefficient (Wildman–Crippen LogP) is 3.14. The van der Waals surface area contributed by atoms with Crippen molar-refractivity contribution in [1.82, 2.24) is 0 Å². The van der Waals surface area contributed by atoms with Crippen molar-refractivity contribution >= 4 is 0 Å². The van der Waals surface area contributed by atoms with E-state index in [-0.39, 0.29) is 0 Å². The summed E-state index contributed by atoms with van der Waals surface area (Å²) in [5, 5.41) is 0. The van der Waals surface area contributed by atoms with Crippen LogP contribution in [0, 0.1) is 6.92 Å². The van der Waals surface area contributed by atoms with Gasteiger partial charge in [0.1, 0.15) is 0 Å². The fourth-order valence-corrected chi connectivity index (χ4v) is 0.526. The molecule has 0 spiro atoms. The van der Waals surface area contributed by atoms with Crippen LogP contribution in [0.25, 0.3) is 0 Å². The Labute approximate surface area is 65.6 Å². The van der Waals surface area contributed by atoms with Gasteiger partial charge in [-0.2, -0.15) is 17.6 Å². The molecule has 1 radical (unpaired) electrons. The van der Waals surface area contributed by atoms with E-state index in [9.17, 15) is 26.3 Å². The third-order valence-corrected chi connectivity index (χ3v) is 1.26. The largest absolute Gasteiger partial charge is 0.315 e. The minimum absolute atomic E-state index is 1.40. The van der Waals surface area contributed by atoms with E-state index in [4.69, 9.17) is 0 Å². The van der Waals surface area contributed by atoms with E-state index < -0.39 is 31.1 Å². The smallest absolute Gasteiger partial charge is 0.210 e. The quantitative estimate of drug-likeness (QED) is 0.601. The second-order valence-electron chi connectivity index (χ2n) is 2.25. The highest BCUT2D eigenvalue weighted by atomic mass is 19.3. The molecule has 0 nitrogen and oxygen atoms in total. The first-order valence-electron chi connectivity index (χ1n) is 3.06. The van der Waals surface area contributed by atoms with Gasteiger partial charge in [0.15, 0.2) is 0 Å². The Kier molecular flexibility index (Phi) is 3.41. The van der Waals surface area contributed by atoms with Gasteiger partial charge < -0.3 is 0 Å². The van der Waals surface area contributed by atoms with Crippen molar-refractivity contribution in [2.24, 2.45) is 0 Å². The first-order chi connectivity index (χ1) is 5.23. The van der Waals surface area contributed by atoms with Crippen LogP contribution in [0.4, 0.5) is 26.3 Å². The third-order valence-electron chi connectivity index (χ3n) is 1.26. The summed E-state index contributed by atoms with van der Waals surface area (Å²) in [5.74, 6) is -9.13. The fourth-order valence-electron chi connectivity index (χ4n) is 0.526. The summed E-state index contributed by atoms with van der Waals surface area (Å²) in [5.41, 5.74) is 0. The Morgan fingerprint density at radius 3 is 1.67 bits per heavy atom. The Hall–Kier alpha value is -0.420. The molecular formula is C6H7F6. The highest BCUT2D eigenvalue weighted by molar-refractivity contribution is 4.85. The van der Waals surface area contributed by atoms with Crippen LogP contribution < -0.4 is 0 Å². The Bertz CT molecular complexity index is 141. The van der Waals surface area contributed by atoms with Gasteiger partial charge in [-0.1, -0.05) is 0 Å². The van der Waals surface area contributed by atoms with Crippen molar-refractivity contribution in [3.8, 4) is 0 Å². The third kappa shape index (κ3) is 2.57. The van der Waals surface area contributed by atoms with E-state index in [1.807, 2.05) is 0 Å². The summed E-state index contributed by atoms with van der Waals surface area (Å²) in [4.78, 5) is 0. The molecule has 0 aliphatic carbocycles. The molecule has 0 heterocycles. The van der Waals surface area contributed by atoms with Crippen LogP contribution >= 0.6 is 0 Å². The maximum absolute atomic E-state index is 12.2. The van der Waals surface area contributed by atoms with Crippen LogP contribution in [0.5, 0.6) is 0 Å². The van der Waals surface area contributed by atoms with Crippen molar-refractivity contribution in [3.63, 3.8) is 0 Å². The van der Waals surface area contributed by atoms with Gasteiger partial charge >= 0.3 is 11.8 Å². The number of rotatable bonds is 4. The molecule has 0 saturated carbocycles. The molecule has 0 aromatic rings. The van der Waals surface area contributed by atoms with Crippen LogP contribution in [0.15, 0.2) is 0 Å². The van der Waals surface area contributed by atoms with Crippen LogP contribution in [-0.4, -0.2) is 18.3 Å². The zero-order chi connectivity index (χ0) is 9.99. The van der Waals surface area contributed by atoms with Gasteiger partial charge in [-0.05, 0) is 6.92 Å². The highest BCUT2D eigenvalue weighted by Gasteiger charge is 2.55. The van der Waals surface area contributed by atoms with E-state index in [2.05, 4.69) is 6.92 Å². The lowest BCUT2D eigenvalue weighted by Crippen LogP contribution is -2.41. The maximum Gasteiger partial charge on any atom is 0.315 e. The Morgan fingerprint density at radius 1 is 1.00 bits per heavy atom. The predicted molar refractivity (Wildman–Crippen MR) is 30.5 cm³/mol. The Balaban J connectivity index is 4.37. The molecule has 0 bridgehead atoms. The lowest BCUT2D eigenvalue weighted by Gasteiger charge is -2.24. The van der Waals surface area contributed by atoms with Gasteiger partial charge in [0.05, 0.1) is 6.42 Å². The number of hydrogen-bond donors (Lipinski definition) is 0. The van der Waals surface area contributed by atoms with Gasteiger partial charge in [0, 0.05) is 6.42 Å². The molecule has 12 heavy (non-hydrogen) atoms. The van der Waals surface area contributed by atoms with Crippen molar-refractivity contribution in [1.29, 1.82) is 0 Å². The minimum Gasteiger partial charge on any atom is -0.210 e. The molecular weight excluding hydrogens is 186 g/mol. The van der Waals surface area contributed by atoms with E-state index in [0.29, 0.717) is 0 Å². The molecule has 0 saturated heterocycles. The Morgan fingerprint density at radius 2 is 1.42 bits per heavy atom. The first-order valence-corrected chi connectivity index (χ1v) is 3.06. The van der Waals surface area contributed by atoms with E-state index in [0.717, 1.165) is 0 Å². The molecule has 0 unspecified atom stereocenters. The fraction of sp³-hybridized carbons (Fsp3) is 0.833. The van der Waals surface area contributed by atoms with Crippen molar-refractivity contribution in [3.05, 3.63) is 6.92 Å². The molecule has 6 heteroatoms. The second-order valence-corrected chi connectivity index (χ2v) is 2.25. The summed E-state index contributed by atoms with van der Waals surface area (Å²) in [7, 11) is 0. The summed E-state index contributed by atoms with van der Waals surface area (Å²) >= 11 is 0. The molecule has 0 amide bonds. The van der Waals surface area contributed by atoms with Gasteiger partial charge in [-0.15, -0.1) is 0 Å². The van der Waals surface area contributed by atoms with Crippen LogP contribution in [-0.2, 0) is 0 Å². The van der Waals surface area contributed by atoms with Crippen molar-refractivity contribution < 1.29 is 26.3 Å². The lowest BCUT2D eigenvalue weighted by molar-refractivity contribution is -0.222. The number of hydrogen-bond acceptors (Lipinski definition) is 0. The molecule has 0 aromatic heterocycles. The van der Waals surface area contributed by atoms with Crippen molar-refractivity contribution in [2.45, 2.75) is 31.1 Å². The summed E-state index contributed by atoms with van der Waals surface area (Å²) in [6.45, 7) is 2.56. The zero-order valence-electron chi connectivity index (χ0n) is 5.97. The zero-order valence-corrected chi connectivity index (χ0v) is 5.97. The second kappa shape index (κ2) is 3.53. The molecule has 0 rings (SSSR count). The van der Waals surface area contributed by atoms with Gasteiger partial charge in [-0.3, -0.25) is 0 Å². The summed E-state index contributed by atoms with van der Waals surface area (Å²) in [6.07, 6.45) is -6.97. The van der Waals surface area contributed by atoms with Gasteiger partial charge in [-0.25, -0.2) is 8.78 Å². The molecule has 0 aromatic carbocycles. The van der Waals surface area contributed by atoms with Crippen LogP contribution in [0.1, 0.15) is 12.8 Å². The highest BCUT2D eigenvalue weighted by Crippen LogP contribution is 2.40. The van der Waals surface area contributed by atoms with E-state index >= 15 is 0 Å². The average molecular weight is 193 g/mol. The first kappa shape index (κ1) is 11.6. The number of halogens is 6. The SMILES string of the molecule is [CH2]CC(F)(F)C(F)(F)CC(F)F. The van der Waals surface area contributed by atoms with E-state index in [1.165, 1.54) is 0 Å². The summed E-state index contributed by atoms with van der Waals surface area (Å²) < 4.78 is 71.4. The molecule has 0 fully saturated rings. The molecule has 73 valence electrons. The standard InChI is InChI=1S/C6H7F6/c1-2-5(9,10)6(11,12)3-4(7)8/h4H,1-3H2. The molecule has 0 aliphatic heterocycles. The minimum atomic E-state index is -4.68. The van der Waals surface area contributed by atoms with E-state index in [1.54, 1.807) is 0 Å². The van der Waals surface area contributed by atoms with Gasteiger partial charge in [0.2, 0.25) is 6.43 Å². The molecule has 0 aliphatic rings. The van der Waals surface area contributed by atoms with Crippen molar-refractivity contribution in [2.75, 3.05) is 0 Å².